The van der Waals surface area contributed by atoms with Gasteiger partial charge in [0.25, 0.3) is 0 Å². The molecule has 0 aliphatic heterocycles. The molecular weight excluding hydrogens is 356 g/mol. The Morgan fingerprint density at radius 2 is 1.18 bits per heavy atom. The standard InChI is InChI=1S/C11H18Br2O4/c1-10(2,12)8(14)16-6-5-7-17-9(15)11(3,4)13/h5-7H2,1-4H3. The molecule has 17 heavy (non-hydrogen) atoms. The predicted octanol–water partition coefficient (Wildman–Crippen LogP) is 2.81. The van der Waals surface area contributed by atoms with Gasteiger partial charge < -0.3 is 9.47 Å². The first-order valence-corrected chi connectivity index (χ1v) is 6.86. The lowest BCUT2D eigenvalue weighted by Crippen LogP contribution is -2.28. The average molecular weight is 374 g/mol. The Kier molecular flexibility index (Phi) is 6.69. The van der Waals surface area contributed by atoms with E-state index in [2.05, 4.69) is 31.9 Å². The molecule has 0 aliphatic rings. The molecule has 0 bridgehead atoms. The van der Waals surface area contributed by atoms with Crippen LogP contribution in [0.5, 0.6) is 0 Å². The van der Waals surface area contributed by atoms with E-state index in [1.54, 1.807) is 27.7 Å². The summed E-state index contributed by atoms with van der Waals surface area (Å²) in [4.78, 5) is 22.7. The van der Waals surface area contributed by atoms with E-state index in [-0.39, 0.29) is 25.2 Å². The van der Waals surface area contributed by atoms with Crippen molar-refractivity contribution >= 4 is 43.8 Å². The minimum absolute atomic E-state index is 0.240. The normalized spacial score (nSPS) is 12.1. The fraction of sp³-hybridized carbons (Fsp3) is 0.818. The molecule has 0 heterocycles. The highest BCUT2D eigenvalue weighted by molar-refractivity contribution is 9.10. The Hall–Kier alpha value is -0.100. The second-order valence-electron chi connectivity index (χ2n) is 4.57. The van der Waals surface area contributed by atoms with Crippen molar-refractivity contribution in [1.29, 1.82) is 0 Å². The number of carbonyl (C=O) groups is 2. The molecule has 0 aromatic rings. The van der Waals surface area contributed by atoms with Crippen LogP contribution in [0.3, 0.4) is 0 Å². The average Bonchev–Trinajstić information content (AvgIpc) is 2.13. The fourth-order valence-electron chi connectivity index (χ4n) is 0.732. The van der Waals surface area contributed by atoms with E-state index in [0.29, 0.717) is 6.42 Å². The number of esters is 2. The number of carbonyl (C=O) groups excluding carboxylic acids is 2. The zero-order valence-corrected chi connectivity index (χ0v) is 13.7. The van der Waals surface area contributed by atoms with Gasteiger partial charge in [-0.2, -0.15) is 0 Å². The van der Waals surface area contributed by atoms with Gasteiger partial charge in [-0.3, -0.25) is 9.59 Å². The second kappa shape index (κ2) is 6.73. The summed E-state index contributed by atoms with van der Waals surface area (Å²) in [6, 6.07) is 0. The molecular formula is C11H18Br2O4. The SMILES string of the molecule is CC(C)(Br)C(=O)OCCCOC(=O)C(C)(C)Br. The van der Waals surface area contributed by atoms with Crippen LogP contribution in [0.15, 0.2) is 0 Å². The predicted molar refractivity (Wildman–Crippen MR) is 72.5 cm³/mol. The molecule has 100 valence electrons. The molecule has 0 radical (unpaired) electrons. The van der Waals surface area contributed by atoms with E-state index in [0.717, 1.165) is 0 Å². The lowest BCUT2D eigenvalue weighted by molar-refractivity contribution is -0.148. The minimum atomic E-state index is -0.679. The van der Waals surface area contributed by atoms with Crippen LogP contribution in [0, 0.1) is 0 Å². The van der Waals surface area contributed by atoms with E-state index in [9.17, 15) is 9.59 Å². The largest absolute Gasteiger partial charge is 0.465 e. The molecule has 0 saturated heterocycles. The molecule has 6 heteroatoms. The highest BCUT2D eigenvalue weighted by Gasteiger charge is 2.26. The molecule has 0 aromatic carbocycles. The Morgan fingerprint density at radius 3 is 1.41 bits per heavy atom. The molecule has 4 nitrogen and oxygen atoms in total. The molecule has 0 atom stereocenters. The van der Waals surface area contributed by atoms with Gasteiger partial charge in [-0.25, -0.2) is 0 Å². The highest BCUT2D eigenvalue weighted by atomic mass is 79.9. The molecule has 0 spiro atoms. The maximum Gasteiger partial charge on any atom is 0.322 e. The summed E-state index contributed by atoms with van der Waals surface area (Å²) >= 11 is 6.39. The van der Waals surface area contributed by atoms with Gasteiger partial charge in [-0.05, 0) is 27.7 Å². The minimum Gasteiger partial charge on any atom is -0.465 e. The van der Waals surface area contributed by atoms with Crippen LogP contribution in [-0.2, 0) is 19.1 Å². The van der Waals surface area contributed by atoms with Gasteiger partial charge >= 0.3 is 11.9 Å². The van der Waals surface area contributed by atoms with Crippen molar-refractivity contribution < 1.29 is 19.1 Å². The summed E-state index contributed by atoms with van der Waals surface area (Å²) in [5, 5.41) is 0. The van der Waals surface area contributed by atoms with Crippen LogP contribution in [0.25, 0.3) is 0 Å². The third kappa shape index (κ3) is 7.76. The quantitative estimate of drug-likeness (QED) is 0.408. The lowest BCUT2D eigenvalue weighted by atomic mass is 10.2. The van der Waals surface area contributed by atoms with E-state index in [1.807, 2.05) is 0 Å². The zero-order chi connectivity index (χ0) is 13.7. The van der Waals surface area contributed by atoms with Gasteiger partial charge in [-0.15, -0.1) is 0 Å². The van der Waals surface area contributed by atoms with Crippen LogP contribution < -0.4 is 0 Å². The van der Waals surface area contributed by atoms with Crippen molar-refractivity contribution in [3.63, 3.8) is 0 Å². The summed E-state index contributed by atoms with van der Waals surface area (Å²) in [7, 11) is 0. The van der Waals surface area contributed by atoms with Crippen molar-refractivity contribution in [3.05, 3.63) is 0 Å². The first kappa shape index (κ1) is 16.9. The van der Waals surface area contributed by atoms with Crippen molar-refractivity contribution in [2.24, 2.45) is 0 Å². The first-order valence-electron chi connectivity index (χ1n) is 5.27. The van der Waals surface area contributed by atoms with Gasteiger partial charge in [0.2, 0.25) is 0 Å². The third-order valence-corrected chi connectivity index (χ3v) is 2.37. The Labute approximate surface area is 119 Å². The van der Waals surface area contributed by atoms with Crippen LogP contribution in [0.1, 0.15) is 34.1 Å². The van der Waals surface area contributed by atoms with E-state index in [4.69, 9.17) is 9.47 Å². The smallest absolute Gasteiger partial charge is 0.322 e. The molecule has 0 N–H and O–H groups in total. The first-order chi connectivity index (χ1) is 7.55. The monoisotopic (exact) mass is 372 g/mol. The zero-order valence-electron chi connectivity index (χ0n) is 10.5. The van der Waals surface area contributed by atoms with Gasteiger partial charge in [0.15, 0.2) is 0 Å². The topological polar surface area (TPSA) is 52.6 Å². The van der Waals surface area contributed by atoms with Crippen molar-refractivity contribution in [2.45, 2.75) is 42.8 Å². The van der Waals surface area contributed by atoms with Gasteiger partial charge in [-0.1, -0.05) is 31.9 Å². The number of hydrogen-bond donors (Lipinski definition) is 0. The summed E-state index contributed by atoms with van der Waals surface area (Å²) in [5.41, 5.74) is 0. The number of alkyl halides is 2. The van der Waals surface area contributed by atoms with Crippen LogP contribution >= 0.6 is 31.9 Å². The number of hydrogen-bond acceptors (Lipinski definition) is 4. The summed E-state index contributed by atoms with van der Waals surface area (Å²) in [6.07, 6.45) is 0.490. The van der Waals surface area contributed by atoms with Crippen molar-refractivity contribution in [3.8, 4) is 0 Å². The molecule has 0 aromatic heterocycles. The summed E-state index contributed by atoms with van der Waals surface area (Å²) in [5.74, 6) is -0.658. The highest BCUT2D eigenvalue weighted by Crippen LogP contribution is 2.18. The van der Waals surface area contributed by atoms with Crippen molar-refractivity contribution in [1.82, 2.24) is 0 Å². The maximum atomic E-state index is 11.3. The summed E-state index contributed by atoms with van der Waals surface area (Å²) in [6.45, 7) is 7.32. The fourth-order valence-corrected chi connectivity index (χ4v) is 0.961. The van der Waals surface area contributed by atoms with E-state index in [1.165, 1.54) is 0 Å². The Balaban J connectivity index is 3.68. The lowest BCUT2D eigenvalue weighted by Gasteiger charge is -2.16. The third-order valence-electron chi connectivity index (χ3n) is 1.73. The molecule has 0 saturated carbocycles. The summed E-state index contributed by atoms with van der Waals surface area (Å²) < 4.78 is 8.61. The number of ether oxygens (including phenoxy) is 2. The number of halogens is 2. The van der Waals surface area contributed by atoms with Crippen LogP contribution in [-0.4, -0.2) is 33.8 Å². The molecule has 0 unspecified atom stereocenters. The molecule has 0 fully saturated rings. The van der Waals surface area contributed by atoms with Gasteiger partial charge in [0.1, 0.15) is 8.65 Å². The van der Waals surface area contributed by atoms with E-state index >= 15 is 0 Å². The molecule has 0 rings (SSSR count). The van der Waals surface area contributed by atoms with Gasteiger partial charge in [0, 0.05) is 6.42 Å². The molecule has 0 amide bonds. The Morgan fingerprint density at radius 1 is 0.882 bits per heavy atom. The number of rotatable bonds is 6. The van der Waals surface area contributed by atoms with Crippen LogP contribution in [0.2, 0.25) is 0 Å². The molecule has 0 aliphatic carbocycles. The van der Waals surface area contributed by atoms with Crippen molar-refractivity contribution in [2.75, 3.05) is 13.2 Å². The van der Waals surface area contributed by atoms with E-state index < -0.39 is 8.65 Å². The Bertz CT molecular complexity index is 248. The maximum absolute atomic E-state index is 11.3. The van der Waals surface area contributed by atoms with Gasteiger partial charge in [0.05, 0.1) is 13.2 Å². The second-order valence-corrected chi connectivity index (χ2v) is 8.54. The van der Waals surface area contributed by atoms with Crippen LogP contribution in [0.4, 0.5) is 0 Å².